The third-order valence-electron chi connectivity index (χ3n) is 4.60. The first-order chi connectivity index (χ1) is 14.5. The summed E-state index contributed by atoms with van der Waals surface area (Å²) in [6.07, 6.45) is 3.03. The topological polar surface area (TPSA) is 143 Å². The maximum absolute atomic E-state index is 12.8. The molecule has 10 heteroatoms. The van der Waals surface area contributed by atoms with Gasteiger partial charge in [-0.3, -0.25) is 24.7 Å². The van der Waals surface area contributed by atoms with Gasteiger partial charge in [0.05, 0.1) is 36.4 Å². The Bertz CT molecular complexity index is 974. The van der Waals surface area contributed by atoms with Crippen LogP contribution in [0.1, 0.15) is 17.2 Å². The lowest BCUT2D eigenvalue weighted by atomic mass is 9.96. The molecule has 2 aromatic rings. The normalized spacial score (nSPS) is 18.0. The molecule has 1 aliphatic rings. The Morgan fingerprint density at radius 2 is 1.93 bits per heavy atom. The first-order valence-electron chi connectivity index (χ1n) is 9.07. The number of nitro groups is 1. The highest BCUT2D eigenvalue weighted by Gasteiger charge is 2.46. The molecular weight excluding hydrogens is 394 g/mol. The number of carbonyl (C=O) groups excluding carboxylic acids is 2. The van der Waals surface area contributed by atoms with E-state index in [0.29, 0.717) is 5.56 Å². The maximum atomic E-state index is 12.8. The Labute approximate surface area is 171 Å². The Morgan fingerprint density at radius 1 is 1.20 bits per heavy atom. The van der Waals surface area contributed by atoms with Crippen LogP contribution in [0.15, 0.2) is 54.4 Å². The minimum Gasteiger partial charge on any atom is -0.507 e. The third kappa shape index (κ3) is 4.19. The standard InChI is InChI=1S/C20H19N3O7/c24-9-11-30-10-8-22-17(14-2-1-7-21-12-14)16(19(26)20(22)27)18(25)13-3-5-15(6-4-13)23(28)29/h1-7,12,17,24-25H,8-11H2/b18-16+/t17-/m1/s1. The van der Waals surface area contributed by atoms with Crippen LogP contribution < -0.4 is 0 Å². The van der Waals surface area contributed by atoms with Crippen LogP contribution in [0.4, 0.5) is 5.69 Å². The Hall–Kier alpha value is -3.63. The van der Waals surface area contributed by atoms with Crippen molar-refractivity contribution in [2.45, 2.75) is 6.04 Å². The maximum Gasteiger partial charge on any atom is 0.295 e. The van der Waals surface area contributed by atoms with Gasteiger partial charge in [-0.25, -0.2) is 0 Å². The van der Waals surface area contributed by atoms with Gasteiger partial charge in [0.15, 0.2) is 0 Å². The van der Waals surface area contributed by atoms with Crippen LogP contribution in [-0.4, -0.2) is 63.1 Å². The van der Waals surface area contributed by atoms with Crippen LogP contribution in [-0.2, 0) is 14.3 Å². The molecule has 156 valence electrons. The number of amides is 1. The van der Waals surface area contributed by atoms with Gasteiger partial charge in [-0.2, -0.15) is 0 Å². The number of benzene rings is 1. The van der Waals surface area contributed by atoms with Gasteiger partial charge >= 0.3 is 0 Å². The number of rotatable bonds is 8. The highest BCUT2D eigenvalue weighted by atomic mass is 16.6. The van der Waals surface area contributed by atoms with Crippen molar-refractivity contribution in [1.29, 1.82) is 0 Å². The number of Topliss-reactive ketones (excluding diaryl/α,β-unsaturated/α-hetero) is 1. The van der Waals surface area contributed by atoms with Crippen LogP contribution in [0.2, 0.25) is 0 Å². The fraction of sp³-hybridized carbons (Fsp3) is 0.250. The summed E-state index contributed by atoms with van der Waals surface area (Å²) in [5.74, 6) is -2.11. The highest BCUT2D eigenvalue weighted by molar-refractivity contribution is 6.46. The predicted octanol–water partition coefficient (Wildman–Crippen LogP) is 1.42. The Kier molecular flexibility index (Phi) is 6.50. The highest BCUT2D eigenvalue weighted by Crippen LogP contribution is 2.39. The van der Waals surface area contributed by atoms with E-state index in [2.05, 4.69) is 4.98 Å². The molecule has 1 aromatic heterocycles. The minimum absolute atomic E-state index is 0.0567. The van der Waals surface area contributed by atoms with Gasteiger partial charge in [0.25, 0.3) is 17.4 Å². The fourth-order valence-corrected chi connectivity index (χ4v) is 3.22. The fourth-order valence-electron chi connectivity index (χ4n) is 3.22. The lowest BCUT2D eigenvalue weighted by molar-refractivity contribution is -0.384. The number of aliphatic hydroxyl groups is 2. The molecule has 30 heavy (non-hydrogen) atoms. The molecule has 0 unspecified atom stereocenters. The number of hydrogen-bond acceptors (Lipinski definition) is 8. The number of aliphatic hydroxyl groups excluding tert-OH is 2. The number of likely N-dealkylation sites (tertiary alicyclic amines) is 1. The zero-order chi connectivity index (χ0) is 21.7. The molecule has 1 atom stereocenters. The van der Waals surface area contributed by atoms with Crippen LogP contribution in [0, 0.1) is 10.1 Å². The van der Waals surface area contributed by atoms with Crippen molar-refractivity contribution >= 4 is 23.1 Å². The average Bonchev–Trinajstić information content (AvgIpc) is 3.01. The van der Waals surface area contributed by atoms with Gasteiger partial charge in [-0.15, -0.1) is 0 Å². The van der Waals surface area contributed by atoms with Crippen molar-refractivity contribution in [1.82, 2.24) is 9.88 Å². The first kappa shape index (κ1) is 21.1. The zero-order valence-corrected chi connectivity index (χ0v) is 15.8. The second-order valence-corrected chi connectivity index (χ2v) is 6.42. The van der Waals surface area contributed by atoms with Crippen LogP contribution in [0.25, 0.3) is 5.76 Å². The number of ketones is 1. The van der Waals surface area contributed by atoms with Crippen molar-refractivity contribution in [3.05, 3.63) is 75.6 Å². The molecule has 2 N–H and O–H groups in total. The Balaban J connectivity index is 2.03. The summed E-state index contributed by atoms with van der Waals surface area (Å²) < 4.78 is 5.22. The second-order valence-electron chi connectivity index (χ2n) is 6.42. The van der Waals surface area contributed by atoms with E-state index in [0.717, 1.165) is 0 Å². The van der Waals surface area contributed by atoms with Crippen LogP contribution in [0.3, 0.4) is 0 Å². The number of hydrogen-bond donors (Lipinski definition) is 2. The van der Waals surface area contributed by atoms with Crippen molar-refractivity contribution < 1.29 is 29.5 Å². The molecule has 1 amide bonds. The Morgan fingerprint density at radius 3 is 2.53 bits per heavy atom. The quantitative estimate of drug-likeness (QED) is 0.165. The average molecular weight is 413 g/mol. The monoisotopic (exact) mass is 413 g/mol. The molecule has 0 spiro atoms. The first-order valence-corrected chi connectivity index (χ1v) is 9.07. The number of nitro benzene ring substituents is 1. The molecule has 0 aliphatic carbocycles. The summed E-state index contributed by atoms with van der Waals surface area (Å²) in [6, 6.07) is 7.45. The van der Waals surface area contributed by atoms with Crippen LogP contribution >= 0.6 is 0 Å². The van der Waals surface area contributed by atoms with E-state index in [1.807, 2.05) is 0 Å². The van der Waals surface area contributed by atoms with Gasteiger partial charge in [0, 0.05) is 36.6 Å². The molecule has 3 rings (SSSR count). The summed E-state index contributed by atoms with van der Waals surface area (Å²) in [7, 11) is 0. The van der Waals surface area contributed by atoms with Crippen molar-refractivity contribution in [2.24, 2.45) is 0 Å². The summed E-state index contributed by atoms with van der Waals surface area (Å²) >= 11 is 0. The number of carbonyl (C=O) groups is 2. The molecule has 0 radical (unpaired) electrons. The van der Waals surface area contributed by atoms with Gasteiger partial charge in [0.1, 0.15) is 5.76 Å². The van der Waals surface area contributed by atoms with Gasteiger partial charge in [-0.05, 0) is 23.8 Å². The van der Waals surface area contributed by atoms with Crippen molar-refractivity contribution in [3.63, 3.8) is 0 Å². The van der Waals surface area contributed by atoms with Gasteiger partial charge < -0.3 is 19.8 Å². The number of nitrogens with zero attached hydrogens (tertiary/aromatic N) is 3. The molecule has 0 saturated carbocycles. The van der Waals surface area contributed by atoms with Crippen LogP contribution in [0.5, 0.6) is 0 Å². The molecule has 0 bridgehead atoms. The molecule has 10 nitrogen and oxygen atoms in total. The molecule has 1 aromatic carbocycles. The number of non-ortho nitro benzene ring substituents is 1. The van der Waals surface area contributed by atoms with E-state index < -0.39 is 28.4 Å². The minimum atomic E-state index is -0.897. The summed E-state index contributed by atoms with van der Waals surface area (Å²) in [6.45, 7) is 0.0539. The van der Waals surface area contributed by atoms with E-state index in [9.17, 15) is 24.8 Å². The van der Waals surface area contributed by atoms with E-state index in [1.54, 1.807) is 12.1 Å². The molecular formula is C20H19N3O7. The largest absolute Gasteiger partial charge is 0.507 e. The molecule has 1 saturated heterocycles. The molecule has 1 fully saturated rings. The second kappa shape index (κ2) is 9.25. The van der Waals surface area contributed by atoms with E-state index in [-0.39, 0.29) is 43.2 Å². The van der Waals surface area contributed by atoms with E-state index in [1.165, 1.54) is 41.6 Å². The summed E-state index contributed by atoms with van der Waals surface area (Å²) in [5.41, 5.74) is 0.382. The third-order valence-corrected chi connectivity index (χ3v) is 4.60. The molecule has 2 heterocycles. The smallest absolute Gasteiger partial charge is 0.295 e. The number of aromatic nitrogens is 1. The van der Waals surface area contributed by atoms with E-state index >= 15 is 0 Å². The predicted molar refractivity (Wildman–Crippen MR) is 104 cm³/mol. The van der Waals surface area contributed by atoms with Crippen molar-refractivity contribution in [2.75, 3.05) is 26.4 Å². The zero-order valence-electron chi connectivity index (χ0n) is 15.8. The van der Waals surface area contributed by atoms with Gasteiger partial charge in [0.2, 0.25) is 0 Å². The lowest BCUT2D eigenvalue weighted by Crippen LogP contribution is -2.33. The molecule has 1 aliphatic heterocycles. The van der Waals surface area contributed by atoms with E-state index in [4.69, 9.17) is 9.84 Å². The SMILES string of the molecule is O=C1C(=O)N(CCOCCO)[C@H](c2cccnc2)/C1=C(\O)c1ccc([N+](=O)[O-])cc1. The summed E-state index contributed by atoms with van der Waals surface area (Å²) in [5, 5.41) is 30.5. The number of pyridine rings is 1. The lowest BCUT2D eigenvalue weighted by Gasteiger charge is -2.24. The summed E-state index contributed by atoms with van der Waals surface area (Å²) in [4.78, 5) is 41.0. The van der Waals surface area contributed by atoms with Crippen molar-refractivity contribution in [3.8, 4) is 0 Å². The van der Waals surface area contributed by atoms with Gasteiger partial charge in [-0.1, -0.05) is 6.07 Å². The number of ether oxygens (including phenoxy) is 1.